The quantitative estimate of drug-likeness (QED) is 0.793. The zero-order chi connectivity index (χ0) is 12.9. The van der Waals surface area contributed by atoms with Gasteiger partial charge in [-0.25, -0.2) is 4.98 Å². The minimum Gasteiger partial charge on any atom is -0.376 e. The molecule has 0 atom stereocenters. The Morgan fingerprint density at radius 1 is 1.26 bits per heavy atom. The molecule has 2 N–H and O–H groups in total. The van der Waals surface area contributed by atoms with Crippen molar-refractivity contribution in [3.05, 3.63) is 23.4 Å². The lowest BCUT2D eigenvalue weighted by molar-refractivity contribution is 0.0394. The fourth-order valence-corrected chi connectivity index (χ4v) is 2.89. The van der Waals surface area contributed by atoms with Crippen molar-refractivity contribution in [2.24, 2.45) is 0 Å². The molecule has 1 aliphatic carbocycles. The van der Waals surface area contributed by atoms with Gasteiger partial charge in [0.05, 0.1) is 12.7 Å². The number of piperidine rings is 1. The zero-order valence-corrected chi connectivity index (χ0v) is 11.5. The predicted octanol–water partition coefficient (Wildman–Crippen LogP) is 1.75. The molecule has 4 nitrogen and oxygen atoms in total. The SMILES string of the molecule is c1cc2c(nc1NCCOC1CCNCC1)CCC2. The van der Waals surface area contributed by atoms with E-state index in [0.29, 0.717) is 6.10 Å². The number of ether oxygens (including phenoxy) is 1. The van der Waals surface area contributed by atoms with E-state index in [1.165, 1.54) is 24.1 Å². The summed E-state index contributed by atoms with van der Waals surface area (Å²) in [6, 6.07) is 4.31. The highest BCUT2D eigenvalue weighted by molar-refractivity contribution is 5.40. The molecule has 3 rings (SSSR count). The molecular formula is C15H23N3O. The van der Waals surface area contributed by atoms with Gasteiger partial charge in [-0.05, 0) is 56.8 Å². The molecule has 0 aromatic carbocycles. The van der Waals surface area contributed by atoms with Crippen LogP contribution in [0.15, 0.2) is 12.1 Å². The summed E-state index contributed by atoms with van der Waals surface area (Å²) in [7, 11) is 0. The Morgan fingerprint density at radius 2 is 2.16 bits per heavy atom. The third kappa shape index (κ3) is 3.45. The number of hydrogen-bond acceptors (Lipinski definition) is 4. The van der Waals surface area contributed by atoms with Crippen LogP contribution in [-0.4, -0.2) is 37.3 Å². The Balaban J connectivity index is 1.40. The number of nitrogens with zero attached hydrogens (tertiary/aromatic N) is 1. The smallest absolute Gasteiger partial charge is 0.126 e. The summed E-state index contributed by atoms with van der Waals surface area (Å²) in [6.07, 6.45) is 6.30. The van der Waals surface area contributed by atoms with Gasteiger partial charge in [-0.1, -0.05) is 6.07 Å². The average molecular weight is 261 g/mol. The number of fused-ring (bicyclic) bond motifs is 1. The van der Waals surface area contributed by atoms with E-state index in [2.05, 4.69) is 27.8 Å². The maximum absolute atomic E-state index is 5.87. The molecule has 0 saturated carbocycles. The Kier molecular flexibility index (Phi) is 4.30. The van der Waals surface area contributed by atoms with E-state index in [1.54, 1.807) is 0 Å². The third-order valence-electron chi connectivity index (χ3n) is 3.98. The monoisotopic (exact) mass is 261 g/mol. The molecule has 1 fully saturated rings. The number of pyridine rings is 1. The van der Waals surface area contributed by atoms with Gasteiger partial charge in [0.2, 0.25) is 0 Å². The maximum Gasteiger partial charge on any atom is 0.126 e. The van der Waals surface area contributed by atoms with Gasteiger partial charge in [0.15, 0.2) is 0 Å². The van der Waals surface area contributed by atoms with Crippen LogP contribution in [0.4, 0.5) is 5.82 Å². The van der Waals surface area contributed by atoms with E-state index in [1.807, 2.05) is 0 Å². The number of aromatic nitrogens is 1. The van der Waals surface area contributed by atoms with Crippen molar-refractivity contribution < 1.29 is 4.74 Å². The van der Waals surface area contributed by atoms with Crippen LogP contribution in [-0.2, 0) is 17.6 Å². The molecular weight excluding hydrogens is 238 g/mol. The van der Waals surface area contributed by atoms with Crippen molar-refractivity contribution >= 4 is 5.82 Å². The highest BCUT2D eigenvalue weighted by atomic mass is 16.5. The summed E-state index contributed by atoms with van der Waals surface area (Å²) < 4.78 is 5.87. The highest BCUT2D eigenvalue weighted by Crippen LogP contribution is 2.21. The first-order valence-corrected chi connectivity index (χ1v) is 7.47. The van der Waals surface area contributed by atoms with Gasteiger partial charge in [-0.15, -0.1) is 0 Å². The molecule has 0 amide bonds. The van der Waals surface area contributed by atoms with Gasteiger partial charge >= 0.3 is 0 Å². The molecule has 104 valence electrons. The van der Waals surface area contributed by atoms with Gasteiger partial charge < -0.3 is 15.4 Å². The lowest BCUT2D eigenvalue weighted by Crippen LogP contribution is -2.33. The summed E-state index contributed by atoms with van der Waals surface area (Å²) in [5, 5.41) is 6.71. The molecule has 1 aromatic rings. The van der Waals surface area contributed by atoms with E-state index in [4.69, 9.17) is 4.74 Å². The van der Waals surface area contributed by atoms with E-state index in [9.17, 15) is 0 Å². The number of nitrogens with one attached hydrogen (secondary N) is 2. The Morgan fingerprint density at radius 3 is 3.05 bits per heavy atom. The van der Waals surface area contributed by atoms with Crippen LogP contribution in [0.25, 0.3) is 0 Å². The first-order valence-electron chi connectivity index (χ1n) is 7.47. The summed E-state index contributed by atoms with van der Waals surface area (Å²) in [5.74, 6) is 0.995. The largest absolute Gasteiger partial charge is 0.376 e. The Bertz CT molecular complexity index is 416. The van der Waals surface area contributed by atoms with Crippen molar-refractivity contribution in [1.29, 1.82) is 0 Å². The maximum atomic E-state index is 5.87. The van der Waals surface area contributed by atoms with Gasteiger partial charge in [0, 0.05) is 12.2 Å². The number of rotatable bonds is 5. The lowest BCUT2D eigenvalue weighted by Gasteiger charge is -2.23. The Hall–Kier alpha value is -1.13. The topological polar surface area (TPSA) is 46.2 Å². The number of aryl methyl sites for hydroxylation is 2. The second-order valence-electron chi connectivity index (χ2n) is 5.40. The zero-order valence-electron chi connectivity index (χ0n) is 11.5. The van der Waals surface area contributed by atoms with Crippen molar-refractivity contribution in [3.8, 4) is 0 Å². The average Bonchev–Trinajstić information content (AvgIpc) is 2.92. The van der Waals surface area contributed by atoms with Gasteiger partial charge in [0.1, 0.15) is 5.82 Å². The third-order valence-corrected chi connectivity index (χ3v) is 3.98. The van der Waals surface area contributed by atoms with Gasteiger partial charge in [0.25, 0.3) is 0 Å². The summed E-state index contributed by atoms with van der Waals surface area (Å²) in [4.78, 5) is 4.66. The van der Waals surface area contributed by atoms with Crippen LogP contribution in [0.3, 0.4) is 0 Å². The van der Waals surface area contributed by atoms with E-state index in [-0.39, 0.29) is 0 Å². The Labute approximate surface area is 115 Å². The van der Waals surface area contributed by atoms with Gasteiger partial charge in [-0.3, -0.25) is 0 Å². The van der Waals surface area contributed by atoms with Crippen molar-refractivity contribution in [2.75, 3.05) is 31.6 Å². The van der Waals surface area contributed by atoms with Crippen molar-refractivity contribution in [1.82, 2.24) is 10.3 Å². The molecule has 0 bridgehead atoms. The minimum absolute atomic E-state index is 0.441. The molecule has 4 heteroatoms. The fraction of sp³-hybridized carbons (Fsp3) is 0.667. The minimum atomic E-state index is 0.441. The van der Waals surface area contributed by atoms with E-state index in [0.717, 1.165) is 51.3 Å². The molecule has 0 unspecified atom stereocenters. The number of anilines is 1. The molecule has 1 saturated heterocycles. The van der Waals surface area contributed by atoms with Crippen molar-refractivity contribution in [3.63, 3.8) is 0 Å². The normalized spacial score (nSPS) is 19.4. The molecule has 1 aliphatic heterocycles. The molecule has 0 radical (unpaired) electrons. The van der Waals surface area contributed by atoms with Crippen LogP contribution < -0.4 is 10.6 Å². The summed E-state index contributed by atoms with van der Waals surface area (Å²) in [6.45, 7) is 3.79. The molecule has 1 aromatic heterocycles. The summed E-state index contributed by atoms with van der Waals surface area (Å²) in [5.41, 5.74) is 2.71. The molecule has 19 heavy (non-hydrogen) atoms. The van der Waals surface area contributed by atoms with Crippen LogP contribution in [0.2, 0.25) is 0 Å². The molecule has 2 aliphatic rings. The summed E-state index contributed by atoms with van der Waals surface area (Å²) >= 11 is 0. The second kappa shape index (κ2) is 6.35. The number of hydrogen-bond donors (Lipinski definition) is 2. The standard InChI is InChI=1S/C15H23N3O/c1-2-12-4-5-15(18-14(12)3-1)17-10-11-19-13-6-8-16-9-7-13/h4-5,13,16H,1-3,6-11H2,(H,17,18). The van der Waals surface area contributed by atoms with Crippen LogP contribution >= 0.6 is 0 Å². The highest BCUT2D eigenvalue weighted by Gasteiger charge is 2.13. The first kappa shape index (κ1) is 12.9. The van der Waals surface area contributed by atoms with Crippen LogP contribution in [0.1, 0.15) is 30.5 Å². The fourth-order valence-electron chi connectivity index (χ4n) is 2.89. The predicted molar refractivity (Wildman–Crippen MR) is 76.6 cm³/mol. The van der Waals surface area contributed by atoms with Crippen molar-refractivity contribution in [2.45, 2.75) is 38.2 Å². The first-order chi connectivity index (χ1) is 9.42. The van der Waals surface area contributed by atoms with E-state index >= 15 is 0 Å². The van der Waals surface area contributed by atoms with Gasteiger partial charge in [-0.2, -0.15) is 0 Å². The molecule has 0 spiro atoms. The molecule has 2 heterocycles. The lowest BCUT2D eigenvalue weighted by atomic mass is 10.1. The van der Waals surface area contributed by atoms with E-state index < -0.39 is 0 Å². The van der Waals surface area contributed by atoms with Crippen LogP contribution in [0.5, 0.6) is 0 Å². The second-order valence-corrected chi connectivity index (χ2v) is 5.40. The van der Waals surface area contributed by atoms with Crippen LogP contribution in [0, 0.1) is 0 Å².